The first-order chi connectivity index (χ1) is 8.38. The zero-order valence-electron chi connectivity index (χ0n) is 10.7. The maximum Gasteiger partial charge on any atom is 0.0443 e. The van der Waals surface area contributed by atoms with E-state index in [0.717, 1.165) is 31.6 Å². The van der Waals surface area contributed by atoms with Crippen molar-refractivity contribution in [2.24, 2.45) is 0 Å². The van der Waals surface area contributed by atoms with Gasteiger partial charge in [0.2, 0.25) is 0 Å². The second-order valence-electron chi connectivity index (χ2n) is 5.27. The molecule has 3 rings (SSSR count). The summed E-state index contributed by atoms with van der Waals surface area (Å²) in [5.74, 6) is 0. The summed E-state index contributed by atoms with van der Waals surface area (Å²) in [6.07, 6.45) is 5.22. The predicted octanol–water partition coefficient (Wildman–Crippen LogP) is 2.58. The fraction of sp³-hybridized carbons (Fsp3) is 0.600. The van der Waals surface area contributed by atoms with Crippen molar-refractivity contribution in [3.05, 3.63) is 29.8 Å². The monoisotopic (exact) mass is 230 g/mol. The third-order valence-corrected chi connectivity index (χ3v) is 4.32. The number of rotatable bonds is 2. The fourth-order valence-corrected chi connectivity index (χ4v) is 3.33. The van der Waals surface area contributed by atoms with E-state index in [1.807, 2.05) is 0 Å². The average molecular weight is 230 g/mol. The standard InChI is InChI=1S/C15H22N2/c1-2-12-6-8-13(9-7-12)17-11-10-16-14-4-3-5-15(14)17/h6-9,14-16H,2-5,10-11H2,1H3/t14-,15-/m0/s1. The number of fused-ring (bicyclic) bond motifs is 1. The number of nitrogens with zero attached hydrogens (tertiary/aromatic N) is 1. The van der Waals surface area contributed by atoms with E-state index in [-0.39, 0.29) is 0 Å². The Morgan fingerprint density at radius 1 is 1.24 bits per heavy atom. The van der Waals surface area contributed by atoms with Crippen LogP contribution in [0.25, 0.3) is 0 Å². The Hall–Kier alpha value is -1.02. The number of benzene rings is 1. The van der Waals surface area contributed by atoms with Gasteiger partial charge in [0.25, 0.3) is 0 Å². The molecule has 0 bridgehead atoms. The molecule has 0 spiro atoms. The average Bonchev–Trinajstić information content (AvgIpc) is 2.87. The first-order valence-electron chi connectivity index (χ1n) is 6.97. The van der Waals surface area contributed by atoms with Crippen LogP contribution < -0.4 is 10.2 Å². The van der Waals surface area contributed by atoms with Gasteiger partial charge in [0.1, 0.15) is 0 Å². The lowest BCUT2D eigenvalue weighted by Gasteiger charge is -2.40. The van der Waals surface area contributed by atoms with Gasteiger partial charge in [-0.3, -0.25) is 0 Å². The van der Waals surface area contributed by atoms with Gasteiger partial charge in [0, 0.05) is 30.9 Å². The molecule has 0 aromatic heterocycles. The summed E-state index contributed by atoms with van der Waals surface area (Å²) in [6, 6.07) is 10.6. The van der Waals surface area contributed by atoms with Gasteiger partial charge in [-0.15, -0.1) is 0 Å². The molecule has 1 aliphatic carbocycles. The minimum absolute atomic E-state index is 0.731. The van der Waals surface area contributed by atoms with Crippen molar-refractivity contribution in [2.45, 2.75) is 44.7 Å². The van der Waals surface area contributed by atoms with Crippen LogP contribution in [0.4, 0.5) is 5.69 Å². The van der Waals surface area contributed by atoms with Crippen LogP contribution in [0.5, 0.6) is 0 Å². The molecule has 1 heterocycles. The maximum absolute atomic E-state index is 3.66. The lowest BCUT2D eigenvalue weighted by atomic mass is 10.1. The smallest absolute Gasteiger partial charge is 0.0443 e. The molecule has 1 saturated heterocycles. The number of hydrogen-bond acceptors (Lipinski definition) is 2. The molecule has 1 N–H and O–H groups in total. The van der Waals surface area contributed by atoms with Crippen LogP contribution in [0.1, 0.15) is 31.7 Å². The summed E-state index contributed by atoms with van der Waals surface area (Å²) < 4.78 is 0. The molecule has 2 nitrogen and oxygen atoms in total. The molecule has 1 aromatic rings. The highest BCUT2D eigenvalue weighted by Crippen LogP contribution is 2.30. The molecule has 1 aliphatic heterocycles. The number of nitrogens with one attached hydrogen (secondary N) is 1. The molecule has 2 aliphatic rings. The lowest BCUT2D eigenvalue weighted by Crippen LogP contribution is -2.55. The van der Waals surface area contributed by atoms with Crippen molar-refractivity contribution in [3.63, 3.8) is 0 Å². The van der Waals surface area contributed by atoms with Crippen molar-refractivity contribution in [1.29, 1.82) is 0 Å². The van der Waals surface area contributed by atoms with Crippen LogP contribution in [-0.4, -0.2) is 25.2 Å². The van der Waals surface area contributed by atoms with E-state index < -0.39 is 0 Å². The van der Waals surface area contributed by atoms with Gasteiger partial charge < -0.3 is 10.2 Å². The molecule has 1 saturated carbocycles. The first kappa shape index (κ1) is 11.1. The van der Waals surface area contributed by atoms with E-state index in [0.29, 0.717) is 0 Å². The molecule has 0 amide bonds. The topological polar surface area (TPSA) is 15.3 Å². The second kappa shape index (κ2) is 4.69. The van der Waals surface area contributed by atoms with E-state index in [1.54, 1.807) is 0 Å². The van der Waals surface area contributed by atoms with Gasteiger partial charge in [-0.05, 0) is 43.4 Å². The van der Waals surface area contributed by atoms with Crippen molar-refractivity contribution in [1.82, 2.24) is 5.32 Å². The summed E-state index contributed by atoms with van der Waals surface area (Å²) in [5, 5.41) is 3.66. The van der Waals surface area contributed by atoms with Crippen LogP contribution in [0.15, 0.2) is 24.3 Å². The SMILES string of the molecule is CCc1ccc(N2CCN[C@H]3CCC[C@@H]32)cc1. The minimum atomic E-state index is 0.731. The van der Waals surface area contributed by atoms with Crippen LogP contribution in [0.3, 0.4) is 0 Å². The summed E-state index contributed by atoms with van der Waals surface area (Å²) in [6.45, 7) is 4.51. The largest absolute Gasteiger partial charge is 0.366 e. The number of piperazine rings is 1. The van der Waals surface area contributed by atoms with E-state index in [4.69, 9.17) is 0 Å². The third kappa shape index (κ3) is 2.06. The minimum Gasteiger partial charge on any atom is -0.366 e. The third-order valence-electron chi connectivity index (χ3n) is 4.32. The number of anilines is 1. The predicted molar refractivity (Wildman–Crippen MR) is 72.6 cm³/mol. The highest BCUT2D eigenvalue weighted by atomic mass is 15.2. The second-order valence-corrected chi connectivity index (χ2v) is 5.27. The highest BCUT2D eigenvalue weighted by Gasteiger charge is 2.34. The Balaban J connectivity index is 1.81. The Morgan fingerprint density at radius 2 is 2.06 bits per heavy atom. The summed E-state index contributed by atoms with van der Waals surface area (Å²) in [7, 11) is 0. The van der Waals surface area contributed by atoms with E-state index in [1.165, 1.54) is 30.5 Å². The molecule has 2 heteroatoms. The molecule has 0 radical (unpaired) electrons. The first-order valence-corrected chi connectivity index (χ1v) is 6.97. The van der Waals surface area contributed by atoms with Crippen molar-refractivity contribution in [3.8, 4) is 0 Å². The number of aryl methyl sites for hydroxylation is 1. The van der Waals surface area contributed by atoms with Gasteiger partial charge in [-0.25, -0.2) is 0 Å². The van der Waals surface area contributed by atoms with Crippen LogP contribution in [-0.2, 0) is 6.42 Å². The fourth-order valence-electron chi connectivity index (χ4n) is 3.33. The Morgan fingerprint density at radius 3 is 2.82 bits per heavy atom. The zero-order valence-corrected chi connectivity index (χ0v) is 10.7. The summed E-state index contributed by atoms with van der Waals surface area (Å²) in [5.41, 5.74) is 2.85. The Labute approximate surface area is 104 Å². The van der Waals surface area contributed by atoms with Crippen LogP contribution in [0, 0.1) is 0 Å². The van der Waals surface area contributed by atoms with E-state index in [2.05, 4.69) is 41.4 Å². The molecular weight excluding hydrogens is 208 g/mol. The van der Waals surface area contributed by atoms with Gasteiger partial charge >= 0.3 is 0 Å². The molecule has 1 aromatic carbocycles. The van der Waals surface area contributed by atoms with Gasteiger partial charge in [-0.1, -0.05) is 19.1 Å². The molecule has 92 valence electrons. The van der Waals surface area contributed by atoms with Crippen LogP contribution >= 0.6 is 0 Å². The van der Waals surface area contributed by atoms with Crippen molar-refractivity contribution < 1.29 is 0 Å². The van der Waals surface area contributed by atoms with Gasteiger partial charge in [-0.2, -0.15) is 0 Å². The quantitative estimate of drug-likeness (QED) is 0.840. The maximum atomic E-state index is 3.66. The van der Waals surface area contributed by atoms with Crippen LogP contribution in [0.2, 0.25) is 0 Å². The zero-order chi connectivity index (χ0) is 11.7. The lowest BCUT2D eigenvalue weighted by molar-refractivity contribution is 0.404. The molecule has 2 fully saturated rings. The molecule has 17 heavy (non-hydrogen) atoms. The molecule has 0 unspecified atom stereocenters. The Bertz CT molecular complexity index is 371. The van der Waals surface area contributed by atoms with Crippen molar-refractivity contribution in [2.75, 3.05) is 18.0 Å². The Kier molecular flexibility index (Phi) is 3.06. The number of hydrogen-bond donors (Lipinski definition) is 1. The van der Waals surface area contributed by atoms with Gasteiger partial charge in [0.15, 0.2) is 0 Å². The van der Waals surface area contributed by atoms with Crippen molar-refractivity contribution >= 4 is 5.69 Å². The van der Waals surface area contributed by atoms with E-state index in [9.17, 15) is 0 Å². The normalized spacial score (nSPS) is 28.2. The summed E-state index contributed by atoms with van der Waals surface area (Å²) in [4.78, 5) is 2.62. The molecular formula is C15H22N2. The molecule has 2 atom stereocenters. The van der Waals surface area contributed by atoms with Gasteiger partial charge in [0.05, 0.1) is 0 Å². The summed E-state index contributed by atoms with van der Waals surface area (Å²) >= 11 is 0. The van der Waals surface area contributed by atoms with E-state index >= 15 is 0 Å². The highest BCUT2D eigenvalue weighted by molar-refractivity contribution is 5.50.